The fraction of sp³-hybridized carbons (Fsp3) is 0.143. The summed E-state index contributed by atoms with van der Waals surface area (Å²) in [6.07, 6.45) is 0. The molecular weight excluding hydrogens is 209 g/mol. The first kappa shape index (κ1) is 11.0. The summed E-state index contributed by atoms with van der Waals surface area (Å²) >= 11 is 0. The molecule has 0 aliphatic heterocycles. The van der Waals surface area contributed by atoms with Crippen LogP contribution in [0.3, 0.4) is 0 Å². The van der Waals surface area contributed by atoms with Crippen LogP contribution in [0.25, 0.3) is 0 Å². The molecule has 0 radical (unpaired) electrons. The van der Waals surface area contributed by atoms with Crippen molar-refractivity contribution in [3.05, 3.63) is 34.1 Å². The van der Waals surface area contributed by atoms with E-state index in [1.165, 1.54) is 19.2 Å². The van der Waals surface area contributed by atoms with Gasteiger partial charge in [-0.15, -0.1) is 15.3 Å². The van der Waals surface area contributed by atoms with Gasteiger partial charge in [-0.05, 0) is 12.1 Å². The maximum absolute atomic E-state index is 13.1. The molecule has 0 saturated carbocycles. The molecule has 15 heavy (non-hydrogen) atoms. The second-order valence-corrected chi connectivity index (χ2v) is 2.45. The van der Waals surface area contributed by atoms with Gasteiger partial charge in [0.15, 0.2) is 11.6 Å². The van der Waals surface area contributed by atoms with E-state index >= 15 is 0 Å². The van der Waals surface area contributed by atoms with E-state index < -0.39 is 10.9 Å². The number of methoxy groups -OCH3 is 1. The lowest BCUT2D eigenvalue weighted by molar-refractivity contribution is -0.762. The molecule has 2 N–H and O–H groups in total. The molecule has 0 aromatic heterocycles. The summed E-state index contributed by atoms with van der Waals surface area (Å²) in [5.74, 6) is 4.43. The van der Waals surface area contributed by atoms with Crippen LogP contribution in [0.15, 0.2) is 18.2 Å². The molecule has 1 aromatic carbocycles. The number of halogens is 1. The number of anilines is 1. The van der Waals surface area contributed by atoms with E-state index in [4.69, 9.17) is 5.84 Å². The standard InChI is InChI=1S/C7H8FN3O4/c1-14-7-3-2-5(4-6(7)8)10(9)15-11(12)13/h2-4H,9H2,1H3. The Bertz CT molecular complexity index is 373. The van der Waals surface area contributed by atoms with Crippen molar-refractivity contribution in [1.29, 1.82) is 0 Å². The Labute approximate surface area is 83.8 Å². The largest absolute Gasteiger partial charge is 0.494 e. The highest BCUT2D eigenvalue weighted by Gasteiger charge is 2.10. The molecule has 0 heterocycles. The maximum Gasteiger partial charge on any atom is 0.318 e. The molecule has 7 nitrogen and oxygen atoms in total. The summed E-state index contributed by atoms with van der Waals surface area (Å²) in [5, 5.41) is 9.16. The zero-order valence-corrected chi connectivity index (χ0v) is 7.71. The van der Waals surface area contributed by atoms with E-state index in [0.717, 1.165) is 6.07 Å². The maximum atomic E-state index is 13.1. The zero-order valence-electron chi connectivity index (χ0n) is 7.71. The van der Waals surface area contributed by atoms with Crippen LogP contribution >= 0.6 is 0 Å². The highest BCUT2D eigenvalue weighted by atomic mass is 19.1. The van der Waals surface area contributed by atoms with Crippen LogP contribution in [0.2, 0.25) is 0 Å². The van der Waals surface area contributed by atoms with Crippen LogP contribution in [0.5, 0.6) is 5.75 Å². The second kappa shape index (κ2) is 4.42. The Balaban J connectivity index is 2.87. The Morgan fingerprint density at radius 2 is 2.27 bits per heavy atom. The van der Waals surface area contributed by atoms with Crippen molar-refractivity contribution < 1.29 is 19.2 Å². The van der Waals surface area contributed by atoms with Crippen molar-refractivity contribution in [2.45, 2.75) is 0 Å². The van der Waals surface area contributed by atoms with Gasteiger partial charge in [-0.1, -0.05) is 0 Å². The monoisotopic (exact) mass is 217 g/mol. The number of nitrogens with zero attached hydrogens (tertiary/aromatic N) is 2. The predicted molar refractivity (Wildman–Crippen MR) is 47.7 cm³/mol. The minimum absolute atomic E-state index is 0.00764. The first-order chi connectivity index (χ1) is 7.04. The second-order valence-electron chi connectivity index (χ2n) is 2.45. The van der Waals surface area contributed by atoms with Gasteiger partial charge in [-0.3, -0.25) is 0 Å². The minimum Gasteiger partial charge on any atom is -0.494 e. The Morgan fingerprint density at radius 3 is 2.73 bits per heavy atom. The number of hydrogen-bond acceptors (Lipinski definition) is 6. The molecule has 0 bridgehead atoms. The zero-order chi connectivity index (χ0) is 11.4. The van der Waals surface area contributed by atoms with Crippen LogP contribution in [0.4, 0.5) is 10.1 Å². The van der Waals surface area contributed by atoms with Crippen LogP contribution in [0, 0.1) is 15.9 Å². The molecule has 0 fully saturated rings. The molecule has 0 aliphatic carbocycles. The van der Waals surface area contributed by atoms with Crippen LogP contribution in [0.1, 0.15) is 0 Å². The van der Waals surface area contributed by atoms with Gasteiger partial charge in [-0.25, -0.2) is 10.2 Å². The van der Waals surface area contributed by atoms with Gasteiger partial charge in [-0.2, -0.15) is 4.94 Å². The molecular formula is C7H8FN3O4. The fourth-order valence-electron chi connectivity index (χ4n) is 0.911. The third-order valence-electron chi connectivity index (χ3n) is 1.54. The van der Waals surface area contributed by atoms with Gasteiger partial charge in [0, 0.05) is 6.07 Å². The smallest absolute Gasteiger partial charge is 0.318 e. The summed E-state index contributed by atoms with van der Waals surface area (Å²) in [7, 11) is 1.30. The summed E-state index contributed by atoms with van der Waals surface area (Å²) in [6, 6.07) is 3.53. The normalized spacial score (nSPS) is 9.53. The third-order valence-corrected chi connectivity index (χ3v) is 1.54. The van der Waals surface area contributed by atoms with Crippen LogP contribution in [-0.4, -0.2) is 12.2 Å². The lowest BCUT2D eigenvalue weighted by Crippen LogP contribution is -2.33. The average Bonchev–Trinajstić information content (AvgIpc) is 2.16. The van der Waals surface area contributed by atoms with E-state index in [-0.39, 0.29) is 11.4 Å². The Morgan fingerprint density at radius 1 is 1.60 bits per heavy atom. The molecule has 8 heteroatoms. The average molecular weight is 217 g/mol. The van der Waals surface area contributed by atoms with Gasteiger partial charge in [0.05, 0.1) is 12.8 Å². The van der Waals surface area contributed by atoms with Crippen molar-refractivity contribution in [1.82, 2.24) is 0 Å². The molecule has 0 unspecified atom stereocenters. The Hall–Kier alpha value is -2.09. The number of hydrazine groups is 1. The number of benzene rings is 1. The van der Waals surface area contributed by atoms with E-state index in [9.17, 15) is 14.5 Å². The van der Waals surface area contributed by atoms with Crippen molar-refractivity contribution in [2.75, 3.05) is 12.3 Å². The van der Waals surface area contributed by atoms with Gasteiger partial charge >= 0.3 is 5.09 Å². The molecule has 1 aromatic rings. The quantitative estimate of drug-likeness (QED) is 0.452. The molecule has 0 atom stereocenters. The predicted octanol–water partition coefficient (Wildman–Crippen LogP) is 0.638. The van der Waals surface area contributed by atoms with Gasteiger partial charge in [0.25, 0.3) is 0 Å². The van der Waals surface area contributed by atoms with E-state index in [1.54, 1.807) is 0 Å². The number of hydrogen-bond donors (Lipinski definition) is 1. The molecule has 0 aliphatic rings. The van der Waals surface area contributed by atoms with Gasteiger partial charge < -0.3 is 4.74 Å². The van der Waals surface area contributed by atoms with Gasteiger partial charge in [0.2, 0.25) is 0 Å². The lowest BCUT2D eigenvalue weighted by atomic mass is 10.3. The van der Waals surface area contributed by atoms with E-state index in [0.29, 0.717) is 5.17 Å². The van der Waals surface area contributed by atoms with Gasteiger partial charge in [0.1, 0.15) is 0 Å². The van der Waals surface area contributed by atoms with Crippen molar-refractivity contribution in [2.24, 2.45) is 5.84 Å². The highest BCUT2D eigenvalue weighted by molar-refractivity contribution is 5.46. The van der Waals surface area contributed by atoms with E-state index in [1.807, 2.05) is 0 Å². The topological polar surface area (TPSA) is 90.9 Å². The van der Waals surface area contributed by atoms with Crippen molar-refractivity contribution >= 4 is 5.69 Å². The number of nitrogens with two attached hydrogens (primary N) is 1. The molecule has 0 amide bonds. The first-order valence-corrected chi connectivity index (χ1v) is 3.75. The Kier molecular flexibility index (Phi) is 3.24. The van der Waals surface area contributed by atoms with E-state index in [2.05, 4.69) is 9.68 Å². The summed E-state index contributed by atoms with van der Waals surface area (Å²) in [4.78, 5) is 13.8. The minimum atomic E-state index is -1.11. The van der Waals surface area contributed by atoms with Crippen molar-refractivity contribution in [3.63, 3.8) is 0 Å². The van der Waals surface area contributed by atoms with Crippen LogP contribution in [-0.2, 0) is 4.94 Å². The summed E-state index contributed by atoms with van der Waals surface area (Å²) < 4.78 is 17.8. The molecule has 82 valence electrons. The molecule has 0 spiro atoms. The SMILES string of the molecule is COc1ccc(N(N)O[N+](=O)[O-])cc1F. The number of rotatable bonds is 4. The molecule has 0 saturated heterocycles. The van der Waals surface area contributed by atoms with Crippen LogP contribution < -0.4 is 15.8 Å². The summed E-state index contributed by atoms with van der Waals surface area (Å²) in [5.41, 5.74) is -0.00926. The molecule has 1 rings (SSSR count). The third kappa shape index (κ3) is 2.68. The summed E-state index contributed by atoms with van der Waals surface area (Å²) in [6.45, 7) is 0. The lowest BCUT2D eigenvalue weighted by Gasteiger charge is -2.14. The first-order valence-electron chi connectivity index (χ1n) is 3.75. The number of ether oxygens (including phenoxy) is 1. The van der Waals surface area contributed by atoms with Crippen molar-refractivity contribution in [3.8, 4) is 5.75 Å². The fourth-order valence-corrected chi connectivity index (χ4v) is 0.911. The highest BCUT2D eigenvalue weighted by Crippen LogP contribution is 2.22.